The van der Waals surface area contributed by atoms with Crippen molar-refractivity contribution in [3.63, 3.8) is 0 Å². The minimum atomic E-state index is -3.03. The van der Waals surface area contributed by atoms with E-state index in [1.54, 1.807) is 27.9 Å². The maximum absolute atomic E-state index is 15.1. The van der Waals surface area contributed by atoms with Gasteiger partial charge in [0.2, 0.25) is 17.6 Å². The van der Waals surface area contributed by atoms with E-state index >= 15 is 13.2 Å². The molecule has 1 N–H and O–H groups in total. The summed E-state index contributed by atoms with van der Waals surface area (Å²) in [7, 11) is 1.38. The first kappa shape index (κ1) is 22.0. The number of nitrogens with zero attached hydrogens (tertiary/aromatic N) is 7. The summed E-state index contributed by atoms with van der Waals surface area (Å²) in [4.78, 5) is 14.4. The summed E-state index contributed by atoms with van der Waals surface area (Å²) in [6.07, 6.45) is 7.81. The zero-order valence-electron chi connectivity index (χ0n) is 19.1. The van der Waals surface area contributed by atoms with Gasteiger partial charge in [-0.25, -0.2) is 27.7 Å². The average Bonchev–Trinajstić information content (AvgIpc) is 3.40. The molecule has 0 aromatic carbocycles. The Morgan fingerprint density at radius 3 is 2.77 bits per heavy atom. The second-order valence-corrected chi connectivity index (χ2v) is 9.22. The highest BCUT2D eigenvalue weighted by molar-refractivity contribution is 5.84. The normalized spacial score (nSPS) is 21.8. The second kappa shape index (κ2) is 7.78. The van der Waals surface area contributed by atoms with E-state index in [-0.39, 0.29) is 34.9 Å². The van der Waals surface area contributed by atoms with Crippen LogP contribution in [0.5, 0.6) is 5.88 Å². The van der Waals surface area contributed by atoms with E-state index in [1.165, 1.54) is 17.8 Å². The lowest BCUT2D eigenvalue weighted by Gasteiger charge is -2.51. The van der Waals surface area contributed by atoms with Gasteiger partial charge in [0.05, 0.1) is 50.2 Å². The Morgan fingerprint density at radius 2 is 2.06 bits per heavy atom. The van der Waals surface area contributed by atoms with Gasteiger partial charge in [-0.3, -0.25) is 9.30 Å². The van der Waals surface area contributed by atoms with Crippen molar-refractivity contribution in [1.82, 2.24) is 33.9 Å². The van der Waals surface area contributed by atoms with E-state index in [4.69, 9.17) is 9.47 Å². The molecule has 4 aromatic heterocycles. The summed E-state index contributed by atoms with van der Waals surface area (Å²) >= 11 is 0. The number of alkyl halides is 2. The number of imidazole rings is 1. The van der Waals surface area contributed by atoms with Gasteiger partial charge in [-0.05, 0) is 13.3 Å². The molecule has 6 heterocycles. The molecule has 2 aliphatic rings. The Hall–Kier alpha value is -3.45. The molecule has 1 unspecified atom stereocenters. The van der Waals surface area contributed by atoms with Gasteiger partial charge in [-0.1, -0.05) is 0 Å². The number of hydrogen-bond acceptors (Lipinski definition) is 8. The molecule has 0 spiro atoms. The van der Waals surface area contributed by atoms with Crippen LogP contribution in [0.1, 0.15) is 13.3 Å². The average molecular weight is 488 g/mol. The Kier molecular flexibility index (Phi) is 4.90. The van der Waals surface area contributed by atoms with E-state index in [1.807, 2.05) is 6.92 Å². The third kappa shape index (κ3) is 3.57. The summed E-state index contributed by atoms with van der Waals surface area (Å²) in [5.41, 5.74) is 0.550. The first-order valence-electron chi connectivity index (χ1n) is 11.2. The highest BCUT2D eigenvalue weighted by Crippen LogP contribution is 2.37. The van der Waals surface area contributed by atoms with Gasteiger partial charge in [0, 0.05) is 36.9 Å². The van der Waals surface area contributed by atoms with E-state index in [0.717, 1.165) is 6.20 Å². The molecule has 2 aliphatic heterocycles. The second-order valence-electron chi connectivity index (χ2n) is 9.22. The summed E-state index contributed by atoms with van der Waals surface area (Å²) < 4.78 is 58.8. The first-order valence-corrected chi connectivity index (χ1v) is 11.2. The molecule has 10 nitrogen and oxygen atoms in total. The zero-order valence-corrected chi connectivity index (χ0v) is 19.1. The summed E-state index contributed by atoms with van der Waals surface area (Å²) in [6, 6.07) is -1.18. The van der Waals surface area contributed by atoms with Gasteiger partial charge in [-0.2, -0.15) is 4.98 Å². The monoisotopic (exact) mass is 488 g/mol. The zero-order chi connectivity index (χ0) is 24.4. The summed E-state index contributed by atoms with van der Waals surface area (Å²) in [5, 5.41) is 7.02. The van der Waals surface area contributed by atoms with Crippen LogP contribution >= 0.6 is 0 Å². The Morgan fingerprint density at radius 1 is 1.23 bits per heavy atom. The number of piperidine rings is 1. The molecule has 0 bridgehead atoms. The molecule has 0 amide bonds. The van der Waals surface area contributed by atoms with Crippen LogP contribution in [0, 0.1) is 5.82 Å². The molecule has 6 rings (SSSR count). The molecule has 0 radical (unpaired) electrons. The number of anilines is 1. The van der Waals surface area contributed by atoms with E-state index in [2.05, 4.69) is 25.4 Å². The number of ether oxygens (including phenoxy) is 2. The fraction of sp³-hybridized carbons (Fsp3) is 0.455. The van der Waals surface area contributed by atoms with Crippen molar-refractivity contribution in [2.45, 2.75) is 30.8 Å². The number of rotatable bonds is 5. The van der Waals surface area contributed by atoms with Gasteiger partial charge >= 0.3 is 0 Å². The van der Waals surface area contributed by atoms with Gasteiger partial charge in [0.15, 0.2) is 5.82 Å². The molecule has 0 aliphatic carbocycles. The number of aromatic nitrogens is 6. The van der Waals surface area contributed by atoms with Crippen molar-refractivity contribution < 1.29 is 22.6 Å². The van der Waals surface area contributed by atoms with Crippen LogP contribution in [-0.4, -0.2) is 84.8 Å². The van der Waals surface area contributed by atoms with Gasteiger partial charge in [0.1, 0.15) is 5.52 Å². The van der Waals surface area contributed by atoms with Gasteiger partial charge in [0.25, 0.3) is 5.92 Å². The number of fused-ring (bicyclic) bond motifs is 2. The molecular formula is C22H23F3N8O2. The molecule has 2 fully saturated rings. The number of hydrogen-bond donors (Lipinski definition) is 1. The lowest BCUT2D eigenvalue weighted by Crippen LogP contribution is -2.67. The third-order valence-corrected chi connectivity index (χ3v) is 6.77. The van der Waals surface area contributed by atoms with Crippen molar-refractivity contribution >= 4 is 17.2 Å². The lowest BCUT2D eigenvalue weighted by molar-refractivity contribution is -0.174. The maximum atomic E-state index is 15.1. The van der Waals surface area contributed by atoms with Crippen LogP contribution < -0.4 is 10.1 Å². The fourth-order valence-corrected chi connectivity index (χ4v) is 4.76. The number of halogens is 3. The lowest BCUT2D eigenvalue weighted by atomic mass is 9.91. The number of likely N-dealkylation sites (tertiary alicyclic amines) is 1. The van der Waals surface area contributed by atoms with E-state index in [0.29, 0.717) is 31.1 Å². The van der Waals surface area contributed by atoms with Crippen LogP contribution in [0.3, 0.4) is 0 Å². The molecule has 184 valence electrons. The number of nitrogens with one attached hydrogen (secondary N) is 1. The quantitative estimate of drug-likeness (QED) is 0.458. The van der Waals surface area contributed by atoms with Gasteiger partial charge < -0.3 is 14.8 Å². The highest BCUT2D eigenvalue weighted by atomic mass is 19.3. The van der Waals surface area contributed by atoms with Crippen LogP contribution in [0.15, 0.2) is 31.0 Å². The SMILES string of the molecule is COc1nc(NC2CCN(C3(C)COC3)CC2(F)F)nn2cc(F)c(-c3cnc4nccn4c3)c12. The minimum Gasteiger partial charge on any atom is -0.479 e. The summed E-state index contributed by atoms with van der Waals surface area (Å²) in [5.74, 6) is -3.16. The van der Waals surface area contributed by atoms with Crippen molar-refractivity contribution in [2.75, 3.05) is 38.7 Å². The fourth-order valence-electron chi connectivity index (χ4n) is 4.76. The Bertz CT molecular complexity index is 1420. The molecule has 1 atom stereocenters. The van der Waals surface area contributed by atoms with Crippen LogP contribution in [-0.2, 0) is 4.74 Å². The molecule has 0 saturated carbocycles. The predicted octanol–water partition coefficient (Wildman–Crippen LogP) is 2.50. The molecule has 13 heteroatoms. The van der Waals surface area contributed by atoms with Crippen LogP contribution in [0.2, 0.25) is 0 Å². The van der Waals surface area contributed by atoms with Gasteiger partial charge in [-0.15, -0.1) is 5.10 Å². The maximum Gasteiger partial charge on any atom is 0.280 e. The van der Waals surface area contributed by atoms with Crippen molar-refractivity contribution in [1.29, 1.82) is 0 Å². The minimum absolute atomic E-state index is 0.0482. The Labute approximate surface area is 197 Å². The molecule has 4 aromatic rings. The van der Waals surface area contributed by atoms with Crippen molar-refractivity contribution in [2.24, 2.45) is 0 Å². The van der Waals surface area contributed by atoms with E-state index < -0.39 is 24.3 Å². The topological polar surface area (TPSA) is 94.1 Å². The predicted molar refractivity (Wildman–Crippen MR) is 119 cm³/mol. The summed E-state index contributed by atoms with van der Waals surface area (Å²) in [6.45, 7) is 2.92. The number of methoxy groups -OCH3 is 1. The molecule has 2 saturated heterocycles. The smallest absolute Gasteiger partial charge is 0.280 e. The largest absolute Gasteiger partial charge is 0.479 e. The van der Waals surface area contributed by atoms with Crippen LogP contribution in [0.4, 0.5) is 19.1 Å². The molecule has 35 heavy (non-hydrogen) atoms. The standard InChI is InChI=1S/C22H23F3N8O2/c1-21(11-35-12-21)32-5-3-15(22(24,25)10-32)28-19-29-18(34-2)17-16(14(23)9-33(17)30-19)13-7-27-20-26-4-6-31(20)8-13/h4,6-9,15H,3,5,10-12H2,1-2H3,(H,28,30). The Balaban J connectivity index is 1.32. The van der Waals surface area contributed by atoms with Crippen molar-refractivity contribution in [3.8, 4) is 17.0 Å². The highest BCUT2D eigenvalue weighted by Gasteiger charge is 2.51. The van der Waals surface area contributed by atoms with E-state index in [9.17, 15) is 0 Å². The first-order chi connectivity index (χ1) is 16.8. The van der Waals surface area contributed by atoms with Crippen molar-refractivity contribution in [3.05, 3.63) is 36.8 Å². The third-order valence-electron chi connectivity index (χ3n) is 6.77. The molecular weight excluding hydrogens is 465 g/mol. The van der Waals surface area contributed by atoms with Crippen LogP contribution in [0.25, 0.3) is 22.4 Å².